The molecule has 0 bridgehead atoms. The van der Waals surface area contributed by atoms with E-state index in [2.05, 4.69) is 53.4 Å². The molecule has 1 fully saturated rings. The summed E-state index contributed by atoms with van der Waals surface area (Å²) < 4.78 is 0. The Morgan fingerprint density at radius 2 is 1.45 bits per heavy atom. The molecular weight excluding hydrogens is 242 g/mol. The standard InChI is InChI=1S/C17H35N.C2H6/c1-8-17(6,7)18-11-9-15(10-12-18)16(4,5)13-14(2)3;1-2/h14-15H,8-13H2,1-7H3;1-2H3. The Kier molecular flexibility index (Phi) is 8.40. The molecule has 0 atom stereocenters. The largest absolute Gasteiger partial charge is 0.298 e. The molecule has 20 heavy (non-hydrogen) atoms. The van der Waals surface area contributed by atoms with Gasteiger partial charge in [0.05, 0.1) is 0 Å². The van der Waals surface area contributed by atoms with E-state index in [1.165, 1.54) is 38.8 Å². The van der Waals surface area contributed by atoms with E-state index >= 15 is 0 Å². The Labute approximate surface area is 129 Å². The fraction of sp³-hybridized carbons (Fsp3) is 1.00. The van der Waals surface area contributed by atoms with Gasteiger partial charge in [0.25, 0.3) is 0 Å². The van der Waals surface area contributed by atoms with Crippen molar-refractivity contribution in [3.8, 4) is 0 Å². The van der Waals surface area contributed by atoms with Crippen LogP contribution in [-0.2, 0) is 0 Å². The first kappa shape index (κ1) is 20.0. The molecule has 0 amide bonds. The monoisotopic (exact) mass is 283 g/mol. The quantitative estimate of drug-likeness (QED) is 0.599. The average Bonchev–Trinajstić information content (AvgIpc) is 2.40. The molecule has 1 aliphatic heterocycles. The maximum absolute atomic E-state index is 2.70. The van der Waals surface area contributed by atoms with Gasteiger partial charge in [-0.25, -0.2) is 0 Å². The minimum atomic E-state index is 0.396. The van der Waals surface area contributed by atoms with Crippen LogP contribution in [0, 0.1) is 17.3 Å². The van der Waals surface area contributed by atoms with Gasteiger partial charge >= 0.3 is 0 Å². The summed E-state index contributed by atoms with van der Waals surface area (Å²) in [6.45, 7) is 23.4. The van der Waals surface area contributed by atoms with Gasteiger partial charge < -0.3 is 0 Å². The van der Waals surface area contributed by atoms with Gasteiger partial charge in [-0.2, -0.15) is 0 Å². The minimum absolute atomic E-state index is 0.396. The Bertz CT molecular complexity index is 244. The fourth-order valence-corrected chi connectivity index (χ4v) is 3.71. The Morgan fingerprint density at radius 3 is 1.80 bits per heavy atom. The van der Waals surface area contributed by atoms with Crippen molar-refractivity contribution in [2.45, 2.75) is 93.5 Å². The van der Waals surface area contributed by atoms with E-state index in [0.29, 0.717) is 11.0 Å². The van der Waals surface area contributed by atoms with E-state index in [-0.39, 0.29) is 0 Å². The van der Waals surface area contributed by atoms with Crippen molar-refractivity contribution in [2.24, 2.45) is 17.3 Å². The van der Waals surface area contributed by atoms with Crippen molar-refractivity contribution in [2.75, 3.05) is 13.1 Å². The van der Waals surface area contributed by atoms with Crippen molar-refractivity contribution < 1.29 is 0 Å². The highest BCUT2D eigenvalue weighted by atomic mass is 15.2. The zero-order valence-electron chi connectivity index (χ0n) is 15.8. The Morgan fingerprint density at radius 1 is 1.00 bits per heavy atom. The average molecular weight is 284 g/mol. The lowest BCUT2D eigenvalue weighted by molar-refractivity contribution is 0.0301. The first-order chi connectivity index (χ1) is 9.19. The summed E-state index contributed by atoms with van der Waals surface area (Å²) in [6.07, 6.45) is 5.41. The fourth-order valence-electron chi connectivity index (χ4n) is 3.71. The minimum Gasteiger partial charge on any atom is -0.298 e. The van der Waals surface area contributed by atoms with Gasteiger partial charge in [-0.3, -0.25) is 4.90 Å². The number of hydrogen-bond donors (Lipinski definition) is 0. The summed E-state index contributed by atoms with van der Waals surface area (Å²) in [4.78, 5) is 2.70. The van der Waals surface area contributed by atoms with Crippen LogP contribution in [-0.4, -0.2) is 23.5 Å². The molecule has 0 radical (unpaired) electrons. The SMILES string of the molecule is CC.CCC(C)(C)N1CCC(C(C)(C)CC(C)C)CC1. The second kappa shape index (κ2) is 8.41. The predicted molar refractivity (Wildman–Crippen MR) is 93.3 cm³/mol. The number of piperidine rings is 1. The predicted octanol–water partition coefficient (Wildman–Crippen LogP) is 5.99. The molecule has 0 aromatic rings. The lowest BCUT2D eigenvalue weighted by Crippen LogP contribution is -2.49. The molecule has 0 unspecified atom stereocenters. The molecule has 1 saturated heterocycles. The highest BCUT2D eigenvalue weighted by Gasteiger charge is 2.35. The van der Waals surface area contributed by atoms with Gasteiger partial charge in [0.15, 0.2) is 0 Å². The van der Waals surface area contributed by atoms with Gasteiger partial charge in [0.2, 0.25) is 0 Å². The lowest BCUT2D eigenvalue weighted by atomic mass is 9.69. The summed E-state index contributed by atoms with van der Waals surface area (Å²) in [7, 11) is 0. The normalized spacial score (nSPS) is 18.9. The Hall–Kier alpha value is -0.0400. The molecule has 0 aliphatic carbocycles. The van der Waals surface area contributed by atoms with E-state index in [0.717, 1.165) is 11.8 Å². The van der Waals surface area contributed by atoms with Crippen molar-refractivity contribution >= 4 is 0 Å². The molecule has 122 valence electrons. The van der Waals surface area contributed by atoms with Gasteiger partial charge in [0.1, 0.15) is 0 Å². The van der Waals surface area contributed by atoms with Gasteiger partial charge in [-0.05, 0) is 69.9 Å². The molecule has 0 aromatic carbocycles. The van der Waals surface area contributed by atoms with Crippen molar-refractivity contribution in [1.82, 2.24) is 4.90 Å². The molecule has 0 spiro atoms. The van der Waals surface area contributed by atoms with Crippen LogP contribution < -0.4 is 0 Å². The first-order valence-electron chi connectivity index (χ1n) is 8.94. The van der Waals surface area contributed by atoms with Crippen LogP contribution in [0.25, 0.3) is 0 Å². The maximum atomic E-state index is 2.70. The van der Waals surface area contributed by atoms with Crippen LogP contribution >= 0.6 is 0 Å². The summed E-state index contributed by atoms with van der Waals surface area (Å²) in [6, 6.07) is 0. The second-order valence-electron chi connectivity index (χ2n) is 8.01. The number of likely N-dealkylation sites (tertiary alicyclic amines) is 1. The molecule has 0 N–H and O–H groups in total. The molecule has 0 saturated carbocycles. The number of hydrogen-bond acceptors (Lipinski definition) is 1. The van der Waals surface area contributed by atoms with E-state index in [1.54, 1.807) is 0 Å². The smallest absolute Gasteiger partial charge is 0.0150 e. The summed E-state index contributed by atoms with van der Waals surface area (Å²) in [5.74, 6) is 1.74. The van der Waals surface area contributed by atoms with Gasteiger partial charge in [0, 0.05) is 5.54 Å². The Balaban J connectivity index is 0.00000172. The van der Waals surface area contributed by atoms with Gasteiger partial charge in [-0.15, -0.1) is 0 Å². The highest BCUT2D eigenvalue weighted by molar-refractivity contribution is 4.89. The van der Waals surface area contributed by atoms with E-state index in [9.17, 15) is 0 Å². The van der Waals surface area contributed by atoms with E-state index < -0.39 is 0 Å². The molecule has 0 aromatic heterocycles. The molecule has 1 heteroatoms. The molecule has 1 aliphatic rings. The second-order valence-corrected chi connectivity index (χ2v) is 8.01. The van der Waals surface area contributed by atoms with Crippen LogP contribution in [0.15, 0.2) is 0 Å². The zero-order valence-corrected chi connectivity index (χ0v) is 15.8. The highest BCUT2D eigenvalue weighted by Crippen LogP contribution is 2.41. The summed E-state index contributed by atoms with van der Waals surface area (Å²) >= 11 is 0. The van der Waals surface area contributed by atoms with Crippen LogP contribution in [0.1, 0.15) is 88.0 Å². The summed E-state index contributed by atoms with van der Waals surface area (Å²) in [5, 5.41) is 0. The molecule has 1 heterocycles. The van der Waals surface area contributed by atoms with Crippen molar-refractivity contribution in [1.29, 1.82) is 0 Å². The number of rotatable bonds is 5. The third-order valence-electron chi connectivity index (χ3n) is 5.26. The first-order valence-corrected chi connectivity index (χ1v) is 8.94. The van der Waals surface area contributed by atoms with E-state index in [1.807, 2.05) is 13.8 Å². The van der Waals surface area contributed by atoms with Crippen molar-refractivity contribution in [3.63, 3.8) is 0 Å². The van der Waals surface area contributed by atoms with Crippen LogP contribution in [0.4, 0.5) is 0 Å². The zero-order chi connectivity index (χ0) is 16.0. The number of nitrogens with zero attached hydrogens (tertiary/aromatic N) is 1. The molecule has 1 rings (SSSR count). The topological polar surface area (TPSA) is 3.24 Å². The lowest BCUT2D eigenvalue weighted by Gasteiger charge is -2.46. The van der Waals surface area contributed by atoms with E-state index in [4.69, 9.17) is 0 Å². The van der Waals surface area contributed by atoms with Crippen LogP contribution in [0.2, 0.25) is 0 Å². The van der Waals surface area contributed by atoms with Crippen LogP contribution in [0.3, 0.4) is 0 Å². The summed E-state index contributed by atoms with van der Waals surface area (Å²) in [5.41, 5.74) is 0.920. The molecule has 1 nitrogen and oxygen atoms in total. The molecular formula is C19H41N. The van der Waals surface area contributed by atoms with Gasteiger partial charge in [-0.1, -0.05) is 48.5 Å². The van der Waals surface area contributed by atoms with Crippen LogP contribution in [0.5, 0.6) is 0 Å². The maximum Gasteiger partial charge on any atom is 0.0150 e. The van der Waals surface area contributed by atoms with Crippen molar-refractivity contribution in [3.05, 3.63) is 0 Å². The third kappa shape index (κ3) is 5.76. The third-order valence-corrected chi connectivity index (χ3v) is 5.26.